The van der Waals surface area contributed by atoms with Gasteiger partial charge >= 0.3 is 0 Å². The third-order valence-corrected chi connectivity index (χ3v) is 1.87. The molecule has 0 amide bonds. The Bertz CT molecular complexity index is 174. The van der Waals surface area contributed by atoms with Gasteiger partial charge in [-0.1, -0.05) is 0 Å². The zero-order chi connectivity index (χ0) is 9.14. The highest BCUT2D eigenvalue weighted by atomic mass is 127. The molecule has 0 heterocycles. The molecule has 4 N–H and O–H groups in total. The van der Waals surface area contributed by atoms with Gasteiger partial charge in [0.2, 0.25) is 0 Å². The van der Waals surface area contributed by atoms with E-state index in [1.54, 1.807) is 0 Å². The van der Waals surface area contributed by atoms with E-state index >= 15 is 0 Å². The molecule has 1 saturated carbocycles. The number of hydrogen-bond acceptors (Lipinski definition) is 2. The van der Waals surface area contributed by atoms with E-state index in [0.717, 1.165) is 12.8 Å². The van der Waals surface area contributed by atoms with E-state index in [1.165, 1.54) is 0 Å². The van der Waals surface area contributed by atoms with Crippen LogP contribution in [0, 0.1) is 0 Å². The lowest BCUT2D eigenvalue weighted by molar-refractivity contribution is -0.0428. The second-order valence-corrected chi connectivity index (χ2v) is 3.49. The minimum Gasteiger partial charge on any atom is -0.375 e. The Morgan fingerprint density at radius 1 is 1.38 bits per heavy atom. The van der Waals surface area contributed by atoms with Crippen molar-refractivity contribution in [3.05, 3.63) is 0 Å². The van der Waals surface area contributed by atoms with Gasteiger partial charge in [-0.25, -0.2) is 0 Å². The van der Waals surface area contributed by atoms with Gasteiger partial charge < -0.3 is 16.2 Å². The first-order valence-corrected chi connectivity index (χ1v) is 4.32. The van der Waals surface area contributed by atoms with E-state index in [4.69, 9.17) is 16.2 Å². The Balaban J connectivity index is 0.00000144. The highest BCUT2D eigenvalue weighted by molar-refractivity contribution is 14.0. The summed E-state index contributed by atoms with van der Waals surface area (Å²) in [5, 5.41) is 0. The highest BCUT2D eigenvalue weighted by Crippen LogP contribution is 2.26. The van der Waals surface area contributed by atoms with Crippen LogP contribution in [0.5, 0.6) is 0 Å². The average molecular weight is 299 g/mol. The molecule has 1 aliphatic rings. The number of aliphatic imine (C=N–C) groups is 1. The minimum absolute atomic E-state index is 0. The van der Waals surface area contributed by atoms with Crippen LogP contribution >= 0.6 is 24.0 Å². The molecule has 5 heteroatoms. The van der Waals surface area contributed by atoms with Crippen LogP contribution < -0.4 is 11.5 Å². The van der Waals surface area contributed by atoms with E-state index in [-0.39, 0.29) is 29.9 Å². The molecule has 0 atom stereocenters. The molecule has 0 unspecified atom stereocenters. The van der Waals surface area contributed by atoms with Gasteiger partial charge in [0.05, 0.1) is 18.2 Å². The van der Waals surface area contributed by atoms with Crippen molar-refractivity contribution < 1.29 is 4.74 Å². The molecule has 4 nitrogen and oxygen atoms in total. The summed E-state index contributed by atoms with van der Waals surface area (Å²) in [5.74, 6) is 0.183. The molecule has 1 fully saturated rings. The standard InChI is InChI=1S/C8H17N3O.HI/c1-5(2)12-7-3-6(4-7)11-8(9)10;/h5-7H,3-4H2,1-2H3,(H4,9,10,11);1H. The fourth-order valence-corrected chi connectivity index (χ4v) is 1.35. The lowest BCUT2D eigenvalue weighted by Gasteiger charge is -2.33. The number of nitrogens with zero attached hydrogens (tertiary/aromatic N) is 1. The largest absolute Gasteiger partial charge is 0.375 e. The number of guanidine groups is 1. The summed E-state index contributed by atoms with van der Waals surface area (Å²) in [5.41, 5.74) is 10.5. The molecule has 78 valence electrons. The van der Waals surface area contributed by atoms with Crippen molar-refractivity contribution in [3.63, 3.8) is 0 Å². The monoisotopic (exact) mass is 299 g/mol. The summed E-state index contributed by atoms with van der Waals surface area (Å²) in [7, 11) is 0. The summed E-state index contributed by atoms with van der Waals surface area (Å²) in [6.07, 6.45) is 2.57. The third-order valence-electron chi connectivity index (χ3n) is 1.87. The van der Waals surface area contributed by atoms with Gasteiger partial charge in [0.15, 0.2) is 5.96 Å². The smallest absolute Gasteiger partial charge is 0.186 e. The molecule has 1 aliphatic carbocycles. The van der Waals surface area contributed by atoms with Crippen LogP contribution in [0.15, 0.2) is 4.99 Å². The molecular weight excluding hydrogens is 281 g/mol. The number of ether oxygens (including phenoxy) is 1. The van der Waals surface area contributed by atoms with Crippen LogP contribution in [0.2, 0.25) is 0 Å². The molecule has 0 aliphatic heterocycles. The Morgan fingerprint density at radius 2 is 1.92 bits per heavy atom. The van der Waals surface area contributed by atoms with Gasteiger partial charge in [-0.15, -0.1) is 24.0 Å². The van der Waals surface area contributed by atoms with Crippen molar-refractivity contribution in [2.24, 2.45) is 16.5 Å². The Kier molecular flexibility index (Phi) is 5.62. The van der Waals surface area contributed by atoms with Crippen LogP contribution in [0.4, 0.5) is 0 Å². The second kappa shape index (κ2) is 5.64. The highest BCUT2D eigenvalue weighted by Gasteiger charge is 2.30. The predicted molar refractivity (Wildman–Crippen MR) is 64.3 cm³/mol. The summed E-state index contributed by atoms with van der Waals surface area (Å²) < 4.78 is 5.55. The van der Waals surface area contributed by atoms with Gasteiger partial charge in [-0.3, -0.25) is 4.99 Å². The molecule has 0 aromatic rings. The molecule has 0 bridgehead atoms. The predicted octanol–water partition coefficient (Wildman–Crippen LogP) is 0.834. The number of rotatable bonds is 3. The van der Waals surface area contributed by atoms with Gasteiger partial charge in [-0.2, -0.15) is 0 Å². The first kappa shape index (κ1) is 13.0. The van der Waals surface area contributed by atoms with Crippen LogP contribution in [-0.2, 0) is 4.74 Å². The van der Waals surface area contributed by atoms with Gasteiger partial charge in [0.25, 0.3) is 0 Å². The fraction of sp³-hybridized carbons (Fsp3) is 0.875. The van der Waals surface area contributed by atoms with Crippen LogP contribution in [-0.4, -0.2) is 24.2 Å². The van der Waals surface area contributed by atoms with E-state index < -0.39 is 0 Å². The molecule has 13 heavy (non-hydrogen) atoms. The summed E-state index contributed by atoms with van der Waals surface area (Å²) in [6, 6.07) is 0.291. The van der Waals surface area contributed by atoms with E-state index in [2.05, 4.69) is 4.99 Å². The molecule has 0 aromatic carbocycles. The minimum atomic E-state index is 0. The van der Waals surface area contributed by atoms with Crippen LogP contribution in [0.25, 0.3) is 0 Å². The van der Waals surface area contributed by atoms with Crippen molar-refractivity contribution >= 4 is 29.9 Å². The Morgan fingerprint density at radius 3 is 2.31 bits per heavy atom. The molecule has 0 radical (unpaired) electrons. The van der Waals surface area contributed by atoms with Crippen molar-refractivity contribution in [1.29, 1.82) is 0 Å². The summed E-state index contributed by atoms with van der Waals surface area (Å²) in [6.45, 7) is 4.07. The number of halogens is 1. The molecule has 1 rings (SSSR count). The van der Waals surface area contributed by atoms with Gasteiger partial charge in [-0.05, 0) is 26.7 Å². The second-order valence-electron chi connectivity index (χ2n) is 3.49. The lowest BCUT2D eigenvalue weighted by Crippen LogP contribution is -2.38. The topological polar surface area (TPSA) is 73.6 Å². The van der Waals surface area contributed by atoms with Crippen LogP contribution in [0.3, 0.4) is 0 Å². The van der Waals surface area contributed by atoms with E-state index in [0.29, 0.717) is 18.2 Å². The maximum Gasteiger partial charge on any atom is 0.186 e. The first-order chi connectivity index (χ1) is 5.58. The SMILES string of the molecule is CC(C)OC1CC(N=C(N)N)C1.I. The van der Waals surface area contributed by atoms with Gasteiger partial charge in [0, 0.05) is 0 Å². The number of nitrogens with two attached hydrogens (primary N) is 2. The van der Waals surface area contributed by atoms with Crippen LogP contribution in [0.1, 0.15) is 26.7 Å². The maximum absolute atomic E-state index is 5.55. The van der Waals surface area contributed by atoms with Gasteiger partial charge in [0.1, 0.15) is 0 Å². The lowest BCUT2D eigenvalue weighted by atomic mass is 9.90. The zero-order valence-corrected chi connectivity index (χ0v) is 10.4. The molecular formula is C8H18IN3O. The normalized spacial score (nSPS) is 26.1. The molecule has 0 saturated heterocycles. The van der Waals surface area contributed by atoms with Crippen molar-refractivity contribution in [2.45, 2.75) is 44.9 Å². The van der Waals surface area contributed by atoms with E-state index in [1.807, 2.05) is 13.8 Å². The number of hydrogen-bond donors (Lipinski definition) is 2. The Hall–Kier alpha value is -0.0400. The Labute approximate surface area is 96.1 Å². The maximum atomic E-state index is 5.55. The third kappa shape index (κ3) is 4.66. The van der Waals surface area contributed by atoms with E-state index in [9.17, 15) is 0 Å². The first-order valence-electron chi connectivity index (χ1n) is 4.32. The summed E-state index contributed by atoms with van der Waals surface area (Å²) in [4.78, 5) is 4.03. The van der Waals surface area contributed by atoms with Crippen molar-refractivity contribution in [2.75, 3.05) is 0 Å². The quantitative estimate of drug-likeness (QED) is 0.460. The summed E-state index contributed by atoms with van der Waals surface area (Å²) >= 11 is 0. The molecule has 0 spiro atoms. The molecule has 0 aromatic heterocycles. The fourth-order valence-electron chi connectivity index (χ4n) is 1.35. The van der Waals surface area contributed by atoms with Crippen molar-refractivity contribution in [1.82, 2.24) is 0 Å². The zero-order valence-electron chi connectivity index (χ0n) is 8.06. The average Bonchev–Trinajstić information content (AvgIpc) is 1.80. The van der Waals surface area contributed by atoms with Crippen molar-refractivity contribution in [3.8, 4) is 0 Å².